The van der Waals surface area contributed by atoms with Crippen molar-refractivity contribution >= 4 is 5.82 Å². The number of anilines is 1. The SMILES string of the molecule is c1cnnc(N[C@H]2CCNC2)c1. The van der Waals surface area contributed by atoms with Gasteiger partial charge in [-0.05, 0) is 25.1 Å². The van der Waals surface area contributed by atoms with E-state index in [-0.39, 0.29) is 0 Å². The fourth-order valence-electron chi connectivity index (χ4n) is 1.37. The number of hydrogen-bond donors (Lipinski definition) is 2. The van der Waals surface area contributed by atoms with Crippen molar-refractivity contribution in [2.45, 2.75) is 12.5 Å². The first-order valence-corrected chi connectivity index (χ1v) is 4.20. The molecular weight excluding hydrogens is 152 g/mol. The summed E-state index contributed by atoms with van der Waals surface area (Å²) in [4.78, 5) is 0. The van der Waals surface area contributed by atoms with Crippen molar-refractivity contribution in [3.63, 3.8) is 0 Å². The van der Waals surface area contributed by atoms with Crippen LogP contribution in [0.3, 0.4) is 0 Å². The van der Waals surface area contributed by atoms with Crippen LogP contribution in [0.5, 0.6) is 0 Å². The second-order valence-corrected chi connectivity index (χ2v) is 2.94. The fourth-order valence-corrected chi connectivity index (χ4v) is 1.37. The molecule has 0 unspecified atom stereocenters. The second-order valence-electron chi connectivity index (χ2n) is 2.94. The monoisotopic (exact) mass is 164 g/mol. The lowest BCUT2D eigenvalue weighted by Crippen LogP contribution is -2.22. The maximum absolute atomic E-state index is 3.95. The molecular formula is C8H12N4. The van der Waals surface area contributed by atoms with Crippen LogP contribution >= 0.6 is 0 Å². The zero-order valence-electron chi connectivity index (χ0n) is 6.83. The third-order valence-corrected chi connectivity index (χ3v) is 1.98. The smallest absolute Gasteiger partial charge is 0.148 e. The molecule has 1 aromatic heterocycles. The van der Waals surface area contributed by atoms with Crippen molar-refractivity contribution in [1.82, 2.24) is 15.5 Å². The van der Waals surface area contributed by atoms with E-state index in [4.69, 9.17) is 0 Å². The molecule has 1 fully saturated rings. The summed E-state index contributed by atoms with van der Waals surface area (Å²) in [5.41, 5.74) is 0. The van der Waals surface area contributed by atoms with Crippen molar-refractivity contribution in [3.05, 3.63) is 18.3 Å². The lowest BCUT2D eigenvalue weighted by atomic mass is 10.2. The Balaban J connectivity index is 1.94. The topological polar surface area (TPSA) is 49.8 Å². The molecule has 0 aromatic carbocycles. The summed E-state index contributed by atoms with van der Waals surface area (Å²) in [5, 5.41) is 14.3. The molecule has 1 saturated heterocycles. The van der Waals surface area contributed by atoms with Crippen LogP contribution < -0.4 is 10.6 Å². The van der Waals surface area contributed by atoms with Crippen LogP contribution in [0, 0.1) is 0 Å². The minimum Gasteiger partial charge on any atom is -0.365 e. The predicted molar refractivity (Wildman–Crippen MR) is 46.9 cm³/mol. The Kier molecular flexibility index (Phi) is 2.18. The predicted octanol–water partition coefficient (Wildman–Crippen LogP) is 0.250. The maximum Gasteiger partial charge on any atom is 0.148 e. The Morgan fingerprint density at radius 3 is 3.25 bits per heavy atom. The van der Waals surface area contributed by atoms with Crippen LogP contribution in [-0.4, -0.2) is 29.3 Å². The molecule has 0 saturated carbocycles. The number of rotatable bonds is 2. The molecule has 64 valence electrons. The maximum atomic E-state index is 3.95. The highest BCUT2D eigenvalue weighted by molar-refractivity contribution is 5.33. The van der Waals surface area contributed by atoms with E-state index in [1.54, 1.807) is 6.20 Å². The lowest BCUT2D eigenvalue weighted by molar-refractivity contribution is 0.782. The molecule has 0 bridgehead atoms. The summed E-state index contributed by atoms with van der Waals surface area (Å²) >= 11 is 0. The van der Waals surface area contributed by atoms with Gasteiger partial charge in [0.2, 0.25) is 0 Å². The highest BCUT2D eigenvalue weighted by atomic mass is 15.2. The average molecular weight is 164 g/mol. The van der Waals surface area contributed by atoms with Gasteiger partial charge in [-0.1, -0.05) is 0 Å². The molecule has 1 aliphatic heterocycles. The molecule has 2 heterocycles. The van der Waals surface area contributed by atoms with Crippen LogP contribution in [0.1, 0.15) is 6.42 Å². The van der Waals surface area contributed by atoms with Crippen LogP contribution in [0.25, 0.3) is 0 Å². The second kappa shape index (κ2) is 3.49. The summed E-state index contributed by atoms with van der Waals surface area (Å²) in [6.07, 6.45) is 2.84. The van der Waals surface area contributed by atoms with Crippen LogP contribution in [0.4, 0.5) is 5.82 Å². The Bertz CT molecular complexity index is 230. The van der Waals surface area contributed by atoms with Gasteiger partial charge in [-0.25, -0.2) is 0 Å². The van der Waals surface area contributed by atoms with E-state index >= 15 is 0 Å². The lowest BCUT2D eigenvalue weighted by Gasteiger charge is -2.10. The largest absolute Gasteiger partial charge is 0.365 e. The molecule has 12 heavy (non-hydrogen) atoms. The minimum absolute atomic E-state index is 0.515. The van der Waals surface area contributed by atoms with Gasteiger partial charge in [0.15, 0.2) is 0 Å². The Morgan fingerprint density at radius 1 is 1.58 bits per heavy atom. The Hall–Kier alpha value is -1.16. The van der Waals surface area contributed by atoms with Crippen LogP contribution in [0.2, 0.25) is 0 Å². The van der Waals surface area contributed by atoms with Crippen molar-refractivity contribution in [1.29, 1.82) is 0 Å². The van der Waals surface area contributed by atoms with Crippen LogP contribution in [-0.2, 0) is 0 Å². The first kappa shape index (κ1) is 7.49. The molecule has 0 amide bonds. The summed E-state index contributed by atoms with van der Waals surface area (Å²) in [6, 6.07) is 4.34. The Morgan fingerprint density at radius 2 is 2.58 bits per heavy atom. The molecule has 4 heteroatoms. The summed E-state index contributed by atoms with van der Waals surface area (Å²) in [7, 11) is 0. The molecule has 0 spiro atoms. The van der Waals surface area contributed by atoms with Gasteiger partial charge in [0.1, 0.15) is 5.82 Å². The van der Waals surface area contributed by atoms with Crippen molar-refractivity contribution in [3.8, 4) is 0 Å². The zero-order chi connectivity index (χ0) is 8.23. The third-order valence-electron chi connectivity index (χ3n) is 1.98. The van der Waals surface area contributed by atoms with E-state index < -0.39 is 0 Å². The molecule has 1 atom stereocenters. The van der Waals surface area contributed by atoms with Gasteiger partial charge in [-0.15, -0.1) is 5.10 Å². The highest BCUT2D eigenvalue weighted by Gasteiger charge is 2.13. The molecule has 4 nitrogen and oxygen atoms in total. The molecule has 0 aliphatic carbocycles. The quantitative estimate of drug-likeness (QED) is 0.658. The van der Waals surface area contributed by atoms with E-state index in [0.717, 1.165) is 25.3 Å². The van der Waals surface area contributed by atoms with E-state index in [2.05, 4.69) is 20.8 Å². The standard InChI is InChI=1S/C8H12N4/c1-2-8(12-10-4-1)11-7-3-5-9-6-7/h1-2,4,7,9H,3,5-6H2,(H,11,12)/t7-/m0/s1. The fraction of sp³-hybridized carbons (Fsp3) is 0.500. The molecule has 2 N–H and O–H groups in total. The van der Waals surface area contributed by atoms with E-state index in [1.807, 2.05) is 12.1 Å². The number of hydrogen-bond acceptors (Lipinski definition) is 4. The third kappa shape index (κ3) is 1.71. The minimum atomic E-state index is 0.515. The van der Waals surface area contributed by atoms with Crippen molar-refractivity contribution in [2.75, 3.05) is 18.4 Å². The normalized spacial score (nSPS) is 22.5. The van der Waals surface area contributed by atoms with Crippen molar-refractivity contribution in [2.24, 2.45) is 0 Å². The molecule has 1 aromatic rings. The summed E-state index contributed by atoms with van der Waals surface area (Å²) < 4.78 is 0. The van der Waals surface area contributed by atoms with E-state index in [1.165, 1.54) is 0 Å². The number of nitrogens with one attached hydrogen (secondary N) is 2. The summed E-state index contributed by atoms with van der Waals surface area (Å²) in [5.74, 6) is 0.867. The average Bonchev–Trinajstić information content (AvgIpc) is 2.59. The Labute approximate surface area is 71.4 Å². The molecule has 2 rings (SSSR count). The van der Waals surface area contributed by atoms with Gasteiger partial charge in [-0.2, -0.15) is 5.10 Å². The first-order valence-electron chi connectivity index (χ1n) is 4.20. The van der Waals surface area contributed by atoms with Gasteiger partial charge in [0.25, 0.3) is 0 Å². The van der Waals surface area contributed by atoms with Crippen LogP contribution in [0.15, 0.2) is 18.3 Å². The molecule has 1 aliphatic rings. The zero-order valence-corrected chi connectivity index (χ0v) is 6.83. The van der Waals surface area contributed by atoms with Crippen molar-refractivity contribution < 1.29 is 0 Å². The van der Waals surface area contributed by atoms with Gasteiger partial charge < -0.3 is 10.6 Å². The first-order chi connectivity index (χ1) is 5.95. The van der Waals surface area contributed by atoms with Gasteiger partial charge >= 0.3 is 0 Å². The molecule has 0 radical (unpaired) electrons. The highest BCUT2D eigenvalue weighted by Crippen LogP contribution is 2.06. The number of aromatic nitrogens is 2. The van der Waals surface area contributed by atoms with Gasteiger partial charge in [-0.3, -0.25) is 0 Å². The van der Waals surface area contributed by atoms with Gasteiger partial charge in [0.05, 0.1) is 0 Å². The van der Waals surface area contributed by atoms with Gasteiger partial charge in [0, 0.05) is 18.8 Å². The summed E-state index contributed by atoms with van der Waals surface area (Å²) in [6.45, 7) is 2.12. The van der Waals surface area contributed by atoms with E-state index in [9.17, 15) is 0 Å². The number of nitrogens with zero attached hydrogens (tertiary/aromatic N) is 2. The van der Waals surface area contributed by atoms with E-state index in [0.29, 0.717) is 6.04 Å².